The second-order valence-corrected chi connectivity index (χ2v) is 9.56. The second-order valence-electron chi connectivity index (χ2n) is 8.40. The molecule has 0 radical (unpaired) electrons. The highest BCUT2D eigenvalue weighted by atomic mass is 127. The number of carbonyl (C=O) groups is 2. The van der Waals surface area contributed by atoms with Gasteiger partial charge in [0.1, 0.15) is 11.6 Å². The van der Waals surface area contributed by atoms with E-state index in [2.05, 4.69) is 5.32 Å². The summed E-state index contributed by atoms with van der Waals surface area (Å²) in [4.78, 5) is 25.0. The van der Waals surface area contributed by atoms with Crippen molar-refractivity contribution >= 4 is 40.1 Å². The molecule has 4 nitrogen and oxygen atoms in total. The SMILES string of the molecule is CNC(=O)c1ccc(F)c(-c2ccccc2C(=O)Nc2c(I)cc(C(F)(C(F)(F)F)C(F)(F)F)cc2C(F)(F)F)c1F. The van der Waals surface area contributed by atoms with Crippen molar-refractivity contribution in [3.05, 3.63) is 86.0 Å². The second kappa shape index (κ2) is 11.3. The van der Waals surface area contributed by atoms with Gasteiger partial charge in [-0.05, 0) is 52.9 Å². The van der Waals surface area contributed by atoms with Crippen molar-refractivity contribution in [1.82, 2.24) is 5.32 Å². The molecule has 3 aromatic rings. The third-order valence-electron chi connectivity index (χ3n) is 5.82. The molecular weight excluding hydrogens is 715 g/mol. The molecule has 0 bridgehead atoms. The fourth-order valence-corrected chi connectivity index (χ4v) is 4.59. The van der Waals surface area contributed by atoms with Crippen molar-refractivity contribution < 1.29 is 62.3 Å². The van der Waals surface area contributed by atoms with Crippen molar-refractivity contribution in [2.45, 2.75) is 24.2 Å². The maximum absolute atomic E-state index is 15.2. The maximum Gasteiger partial charge on any atom is 0.435 e. The highest BCUT2D eigenvalue weighted by Gasteiger charge is 2.73. The minimum Gasteiger partial charge on any atom is -0.355 e. The smallest absolute Gasteiger partial charge is 0.355 e. The summed E-state index contributed by atoms with van der Waals surface area (Å²) in [7, 11) is 1.13. The number of hydrogen-bond acceptors (Lipinski definition) is 2. The summed E-state index contributed by atoms with van der Waals surface area (Å²) in [5.74, 6) is -5.29. The van der Waals surface area contributed by atoms with E-state index < -0.39 is 96.4 Å². The number of hydrogen-bond donors (Lipinski definition) is 2. The van der Waals surface area contributed by atoms with Crippen molar-refractivity contribution in [3.8, 4) is 11.1 Å². The Morgan fingerprint density at radius 1 is 0.762 bits per heavy atom. The Bertz CT molecular complexity index is 1530. The number of amides is 2. The predicted molar refractivity (Wildman–Crippen MR) is 132 cm³/mol. The van der Waals surface area contributed by atoms with E-state index in [1.807, 2.05) is 0 Å². The number of benzene rings is 3. The first-order chi connectivity index (χ1) is 19.2. The van der Waals surface area contributed by atoms with E-state index in [4.69, 9.17) is 0 Å². The minimum atomic E-state index is -6.72. The Labute approximate surface area is 241 Å². The van der Waals surface area contributed by atoms with Crippen LogP contribution in [0.3, 0.4) is 0 Å². The Balaban J connectivity index is 2.22. The van der Waals surface area contributed by atoms with Gasteiger partial charge in [-0.1, -0.05) is 18.2 Å². The largest absolute Gasteiger partial charge is 0.435 e. The Kier molecular flexibility index (Phi) is 8.87. The molecule has 0 aromatic heterocycles. The van der Waals surface area contributed by atoms with Crippen molar-refractivity contribution in [2.24, 2.45) is 0 Å². The van der Waals surface area contributed by atoms with Crippen LogP contribution in [0, 0.1) is 15.2 Å². The topological polar surface area (TPSA) is 58.2 Å². The first-order valence-corrected chi connectivity index (χ1v) is 12.1. The number of alkyl halides is 10. The van der Waals surface area contributed by atoms with Crippen molar-refractivity contribution in [1.29, 1.82) is 0 Å². The molecule has 0 aliphatic carbocycles. The van der Waals surface area contributed by atoms with Gasteiger partial charge in [-0.15, -0.1) is 0 Å². The quantitative estimate of drug-likeness (QED) is 0.206. The van der Waals surface area contributed by atoms with E-state index in [-0.39, 0.29) is 6.07 Å². The fraction of sp³-hybridized carbons (Fsp3) is 0.200. The van der Waals surface area contributed by atoms with E-state index in [9.17, 15) is 57.9 Å². The third-order valence-corrected chi connectivity index (χ3v) is 6.67. The summed E-state index contributed by atoms with van der Waals surface area (Å²) < 4.78 is 164. The van der Waals surface area contributed by atoms with Crippen LogP contribution in [0.1, 0.15) is 31.8 Å². The average molecular weight is 728 g/mol. The molecule has 0 aliphatic rings. The molecule has 2 amide bonds. The van der Waals surface area contributed by atoms with Crippen LogP contribution < -0.4 is 10.6 Å². The predicted octanol–water partition coefficient (Wildman–Crippen LogP) is 8.16. The highest BCUT2D eigenvalue weighted by molar-refractivity contribution is 14.1. The minimum absolute atomic E-state index is 0.176. The Morgan fingerprint density at radius 3 is 1.86 bits per heavy atom. The Hall–Kier alpha value is -3.51. The number of halogens is 13. The number of rotatable bonds is 5. The lowest BCUT2D eigenvalue weighted by Crippen LogP contribution is -2.50. The molecule has 3 rings (SSSR count). The van der Waals surface area contributed by atoms with E-state index in [0.717, 1.165) is 53.9 Å². The summed E-state index contributed by atoms with van der Waals surface area (Å²) in [6.45, 7) is 0. The molecule has 0 aliphatic heterocycles. The average Bonchev–Trinajstić information content (AvgIpc) is 2.87. The number of carbonyl (C=O) groups excluding carboxylic acids is 2. The van der Waals surface area contributed by atoms with Gasteiger partial charge < -0.3 is 10.6 Å². The number of anilines is 1. The van der Waals surface area contributed by atoms with Crippen molar-refractivity contribution in [2.75, 3.05) is 12.4 Å². The van der Waals surface area contributed by atoms with Gasteiger partial charge in [0.2, 0.25) is 0 Å². The molecule has 17 heteroatoms. The number of nitrogens with one attached hydrogen (secondary N) is 2. The van der Waals surface area contributed by atoms with Crippen LogP contribution in [0.25, 0.3) is 11.1 Å². The van der Waals surface area contributed by atoms with E-state index >= 15 is 4.39 Å². The van der Waals surface area contributed by atoms with Crippen LogP contribution in [-0.2, 0) is 11.8 Å². The third kappa shape index (κ3) is 5.87. The van der Waals surface area contributed by atoms with Gasteiger partial charge in [0.15, 0.2) is 0 Å². The summed E-state index contributed by atoms with van der Waals surface area (Å²) in [5.41, 5.74) is -15.2. The zero-order chi connectivity index (χ0) is 32.0. The van der Waals surface area contributed by atoms with Gasteiger partial charge in [0.05, 0.1) is 22.4 Å². The summed E-state index contributed by atoms with van der Waals surface area (Å²) in [6.07, 6.45) is -19.2. The molecule has 0 unspecified atom stereocenters. The molecule has 3 aromatic carbocycles. The first kappa shape index (κ1) is 33.0. The first-order valence-electron chi connectivity index (χ1n) is 11.0. The molecule has 42 heavy (non-hydrogen) atoms. The summed E-state index contributed by atoms with van der Waals surface area (Å²) >= 11 is 0.867. The van der Waals surface area contributed by atoms with Gasteiger partial charge in [0, 0.05) is 27.3 Å². The molecule has 0 saturated heterocycles. The van der Waals surface area contributed by atoms with Crippen molar-refractivity contribution in [3.63, 3.8) is 0 Å². The zero-order valence-corrected chi connectivity index (χ0v) is 22.5. The van der Waals surface area contributed by atoms with E-state index in [1.54, 1.807) is 5.32 Å². The van der Waals surface area contributed by atoms with Crippen LogP contribution >= 0.6 is 22.6 Å². The molecule has 0 saturated carbocycles. The van der Waals surface area contributed by atoms with Crippen LogP contribution in [-0.4, -0.2) is 31.2 Å². The van der Waals surface area contributed by atoms with Crippen LogP contribution in [0.2, 0.25) is 0 Å². The van der Waals surface area contributed by atoms with Crippen LogP contribution in [0.4, 0.5) is 58.4 Å². The van der Waals surface area contributed by atoms with Gasteiger partial charge in [-0.25, -0.2) is 13.2 Å². The fourth-order valence-electron chi connectivity index (χ4n) is 3.83. The van der Waals surface area contributed by atoms with E-state index in [0.29, 0.717) is 6.07 Å². The zero-order valence-electron chi connectivity index (χ0n) is 20.3. The normalized spacial score (nSPS) is 12.7. The maximum atomic E-state index is 15.2. The van der Waals surface area contributed by atoms with E-state index in [1.165, 1.54) is 6.07 Å². The molecular formula is C25H13F12IN2O2. The molecule has 0 spiro atoms. The summed E-state index contributed by atoms with van der Waals surface area (Å²) in [6, 6.07) is 4.69. The Morgan fingerprint density at radius 2 is 1.33 bits per heavy atom. The molecule has 0 atom stereocenters. The standard InChI is InChI=1S/C25H13F12IN2O2/c1-39-20(41)13-6-7-15(26)17(18(13)27)11-4-2-3-5-12(11)21(42)40-19-14(23(29,30)31)8-10(9-16(19)38)22(28,24(32,33)34)25(35,36)37/h2-9H,1H3,(H,39,41)(H,40,42). The van der Waals surface area contributed by atoms with Crippen LogP contribution in [0.5, 0.6) is 0 Å². The molecule has 0 heterocycles. The molecule has 0 fully saturated rings. The van der Waals surface area contributed by atoms with Crippen LogP contribution in [0.15, 0.2) is 48.5 Å². The van der Waals surface area contributed by atoms with Gasteiger partial charge in [-0.3, -0.25) is 9.59 Å². The monoisotopic (exact) mass is 728 g/mol. The van der Waals surface area contributed by atoms with Gasteiger partial charge in [-0.2, -0.15) is 39.5 Å². The lowest BCUT2D eigenvalue weighted by molar-refractivity contribution is -0.348. The lowest BCUT2D eigenvalue weighted by atomic mass is 9.91. The molecule has 226 valence electrons. The van der Waals surface area contributed by atoms with Gasteiger partial charge in [0.25, 0.3) is 11.8 Å². The summed E-state index contributed by atoms with van der Waals surface area (Å²) in [5, 5.41) is 3.77. The highest BCUT2D eigenvalue weighted by Crippen LogP contribution is 2.54. The van der Waals surface area contributed by atoms with Gasteiger partial charge >= 0.3 is 24.2 Å². The molecule has 2 N–H and O–H groups in total. The lowest BCUT2D eigenvalue weighted by Gasteiger charge is -2.31.